The Bertz CT molecular complexity index is 786. The molecule has 4 nitrogen and oxygen atoms in total. The molecule has 2 aromatic rings. The minimum absolute atomic E-state index is 0.244. The van der Waals surface area contributed by atoms with E-state index in [1.54, 1.807) is 6.07 Å². The molecule has 0 aromatic heterocycles. The Kier molecular flexibility index (Phi) is 3.90. The van der Waals surface area contributed by atoms with Crippen LogP contribution in [0, 0.1) is 6.92 Å². The lowest BCUT2D eigenvalue weighted by atomic mass is 10.1. The van der Waals surface area contributed by atoms with Gasteiger partial charge in [-0.1, -0.05) is 28.7 Å². The second kappa shape index (κ2) is 5.72. The van der Waals surface area contributed by atoms with E-state index in [2.05, 4.69) is 27.9 Å². The SMILES string of the molecule is CNc1ccc(N2C(=O)c3ccc(CI)cc3C2=O)c(C)c1. The predicted octanol–water partition coefficient (Wildman–Crippen LogP) is 3.77. The van der Waals surface area contributed by atoms with E-state index in [4.69, 9.17) is 0 Å². The van der Waals surface area contributed by atoms with Crippen molar-refractivity contribution in [2.24, 2.45) is 0 Å². The van der Waals surface area contributed by atoms with Crippen molar-refractivity contribution in [2.75, 3.05) is 17.3 Å². The maximum absolute atomic E-state index is 12.7. The molecule has 0 saturated carbocycles. The highest BCUT2D eigenvalue weighted by Crippen LogP contribution is 2.32. The Morgan fingerprint density at radius 1 is 1.05 bits per heavy atom. The highest BCUT2D eigenvalue weighted by Gasteiger charge is 2.37. The van der Waals surface area contributed by atoms with E-state index in [1.807, 2.05) is 44.3 Å². The van der Waals surface area contributed by atoms with Crippen LogP contribution in [0.15, 0.2) is 36.4 Å². The summed E-state index contributed by atoms with van der Waals surface area (Å²) < 4.78 is 0.808. The first-order chi connectivity index (χ1) is 10.6. The van der Waals surface area contributed by atoms with Crippen LogP contribution in [0.4, 0.5) is 11.4 Å². The number of anilines is 2. The Balaban J connectivity index is 2.07. The third-order valence-electron chi connectivity index (χ3n) is 3.83. The lowest BCUT2D eigenvalue weighted by Crippen LogP contribution is -2.30. The molecule has 0 aliphatic carbocycles. The molecule has 1 heterocycles. The van der Waals surface area contributed by atoms with E-state index >= 15 is 0 Å². The molecule has 22 heavy (non-hydrogen) atoms. The predicted molar refractivity (Wildman–Crippen MR) is 96.0 cm³/mol. The number of carbonyl (C=O) groups is 2. The second-order valence-corrected chi connectivity index (χ2v) is 5.97. The van der Waals surface area contributed by atoms with Crippen LogP contribution in [0.1, 0.15) is 31.8 Å². The van der Waals surface area contributed by atoms with Crippen molar-refractivity contribution in [1.29, 1.82) is 0 Å². The second-order valence-electron chi connectivity index (χ2n) is 5.21. The largest absolute Gasteiger partial charge is 0.388 e. The van der Waals surface area contributed by atoms with Gasteiger partial charge in [0.25, 0.3) is 11.8 Å². The van der Waals surface area contributed by atoms with Gasteiger partial charge in [0.2, 0.25) is 0 Å². The lowest BCUT2D eigenvalue weighted by molar-refractivity contribution is 0.0926. The molecule has 2 amide bonds. The highest BCUT2D eigenvalue weighted by molar-refractivity contribution is 14.1. The number of aryl methyl sites for hydroxylation is 1. The molecule has 0 fully saturated rings. The number of alkyl halides is 1. The zero-order valence-corrected chi connectivity index (χ0v) is 14.5. The number of carbonyl (C=O) groups excluding carboxylic acids is 2. The number of imide groups is 1. The number of nitrogens with zero attached hydrogens (tertiary/aromatic N) is 1. The molecule has 0 atom stereocenters. The van der Waals surface area contributed by atoms with Gasteiger partial charge < -0.3 is 5.32 Å². The van der Waals surface area contributed by atoms with Crippen LogP contribution in [-0.2, 0) is 4.43 Å². The molecule has 0 bridgehead atoms. The highest BCUT2D eigenvalue weighted by atomic mass is 127. The standard InChI is InChI=1S/C17H15IN2O2/c1-10-7-12(19-2)4-6-15(10)20-16(21)13-5-3-11(9-18)8-14(13)17(20)22/h3-8,19H,9H2,1-2H3. The summed E-state index contributed by atoms with van der Waals surface area (Å²) in [4.78, 5) is 26.5. The molecule has 1 aliphatic heterocycles. The number of hydrogen-bond donors (Lipinski definition) is 1. The van der Waals surface area contributed by atoms with Gasteiger partial charge in [0.05, 0.1) is 16.8 Å². The van der Waals surface area contributed by atoms with Crippen molar-refractivity contribution in [3.05, 3.63) is 58.7 Å². The zero-order chi connectivity index (χ0) is 15.9. The minimum atomic E-state index is -0.250. The van der Waals surface area contributed by atoms with Gasteiger partial charge >= 0.3 is 0 Å². The van der Waals surface area contributed by atoms with Crippen molar-refractivity contribution in [3.63, 3.8) is 0 Å². The van der Waals surface area contributed by atoms with E-state index in [1.165, 1.54) is 4.90 Å². The summed E-state index contributed by atoms with van der Waals surface area (Å²) in [5.41, 5.74) is 4.50. The van der Waals surface area contributed by atoms with Gasteiger partial charge in [-0.05, 0) is 48.4 Å². The van der Waals surface area contributed by atoms with Crippen molar-refractivity contribution in [3.8, 4) is 0 Å². The molecule has 1 N–H and O–H groups in total. The van der Waals surface area contributed by atoms with Crippen LogP contribution in [0.25, 0.3) is 0 Å². The van der Waals surface area contributed by atoms with E-state index < -0.39 is 0 Å². The summed E-state index contributed by atoms with van der Waals surface area (Å²) in [5.74, 6) is -0.493. The Morgan fingerprint density at radius 3 is 2.41 bits per heavy atom. The van der Waals surface area contributed by atoms with Gasteiger partial charge in [-0.25, -0.2) is 4.90 Å². The third kappa shape index (κ3) is 2.29. The average Bonchev–Trinajstić information content (AvgIpc) is 2.78. The summed E-state index contributed by atoms with van der Waals surface area (Å²) in [6.45, 7) is 1.90. The quantitative estimate of drug-likeness (QED) is 0.480. The number of amides is 2. The Morgan fingerprint density at radius 2 is 1.77 bits per heavy atom. The van der Waals surface area contributed by atoms with Gasteiger partial charge in [0, 0.05) is 17.2 Å². The van der Waals surface area contributed by atoms with Gasteiger partial charge in [-0.2, -0.15) is 0 Å². The molecule has 1 aliphatic rings. The van der Waals surface area contributed by atoms with Gasteiger partial charge in [-0.15, -0.1) is 0 Å². The number of nitrogens with one attached hydrogen (secondary N) is 1. The van der Waals surface area contributed by atoms with E-state index in [-0.39, 0.29) is 11.8 Å². The smallest absolute Gasteiger partial charge is 0.266 e. The van der Waals surface area contributed by atoms with Crippen molar-refractivity contribution in [1.82, 2.24) is 0 Å². The maximum atomic E-state index is 12.7. The lowest BCUT2D eigenvalue weighted by Gasteiger charge is -2.17. The van der Waals surface area contributed by atoms with Gasteiger partial charge in [0.1, 0.15) is 0 Å². The van der Waals surface area contributed by atoms with Crippen LogP contribution in [-0.4, -0.2) is 18.9 Å². The van der Waals surface area contributed by atoms with Crippen molar-refractivity contribution in [2.45, 2.75) is 11.4 Å². The first-order valence-electron chi connectivity index (χ1n) is 6.93. The molecule has 0 saturated heterocycles. The number of rotatable bonds is 3. The van der Waals surface area contributed by atoms with Crippen molar-refractivity contribution >= 4 is 45.8 Å². The van der Waals surface area contributed by atoms with Crippen LogP contribution >= 0.6 is 22.6 Å². The number of halogens is 1. The fraction of sp³-hybridized carbons (Fsp3) is 0.176. The maximum Gasteiger partial charge on any atom is 0.266 e. The van der Waals surface area contributed by atoms with Crippen LogP contribution in [0.2, 0.25) is 0 Å². The topological polar surface area (TPSA) is 49.4 Å². The van der Waals surface area contributed by atoms with Crippen LogP contribution in [0.3, 0.4) is 0 Å². The van der Waals surface area contributed by atoms with Gasteiger partial charge in [-0.3, -0.25) is 9.59 Å². The summed E-state index contributed by atoms with van der Waals surface area (Å²) >= 11 is 2.24. The molecule has 0 spiro atoms. The summed E-state index contributed by atoms with van der Waals surface area (Å²) in [6, 6.07) is 11.1. The third-order valence-corrected chi connectivity index (χ3v) is 4.71. The molecule has 0 unspecified atom stereocenters. The number of benzene rings is 2. The fourth-order valence-electron chi connectivity index (χ4n) is 2.65. The molecule has 3 rings (SSSR count). The van der Waals surface area contributed by atoms with Crippen LogP contribution in [0.5, 0.6) is 0 Å². The molecular formula is C17H15IN2O2. The normalized spacial score (nSPS) is 13.5. The minimum Gasteiger partial charge on any atom is -0.388 e. The first kappa shape index (κ1) is 15.0. The summed E-state index contributed by atoms with van der Waals surface area (Å²) in [7, 11) is 1.84. The summed E-state index contributed by atoms with van der Waals surface area (Å²) in [5, 5.41) is 3.05. The zero-order valence-electron chi connectivity index (χ0n) is 12.3. The number of hydrogen-bond acceptors (Lipinski definition) is 3. The van der Waals surface area contributed by atoms with E-state index in [0.29, 0.717) is 16.8 Å². The van der Waals surface area contributed by atoms with Gasteiger partial charge in [0.15, 0.2) is 0 Å². The molecule has 0 radical (unpaired) electrons. The first-order valence-corrected chi connectivity index (χ1v) is 8.45. The average molecular weight is 406 g/mol. The molecule has 112 valence electrons. The van der Waals surface area contributed by atoms with Crippen molar-refractivity contribution < 1.29 is 9.59 Å². The van der Waals surface area contributed by atoms with E-state index in [9.17, 15) is 9.59 Å². The Labute approximate surface area is 142 Å². The summed E-state index contributed by atoms with van der Waals surface area (Å²) in [6.07, 6.45) is 0. The monoisotopic (exact) mass is 406 g/mol. The van der Waals surface area contributed by atoms with Crippen LogP contribution < -0.4 is 10.2 Å². The number of fused-ring (bicyclic) bond motifs is 1. The molecule has 2 aromatic carbocycles. The Hall–Kier alpha value is -1.89. The fourth-order valence-corrected chi connectivity index (χ4v) is 3.13. The van der Waals surface area contributed by atoms with E-state index in [0.717, 1.165) is 21.2 Å². The molecular weight excluding hydrogens is 391 g/mol. The molecule has 5 heteroatoms.